The van der Waals surface area contributed by atoms with Crippen molar-refractivity contribution in [3.8, 4) is 5.75 Å². The third-order valence-corrected chi connectivity index (χ3v) is 7.74. The second kappa shape index (κ2) is 10.9. The zero-order valence-electron chi connectivity index (χ0n) is 22.3. The Morgan fingerprint density at radius 3 is 2.58 bits per heavy atom. The highest BCUT2D eigenvalue weighted by Crippen LogP contribution is 2.40. The first-order valence-electron chi connectivity index (χ1n) is 13.5. The Morgan fingerprint density at radius 1 is 1.05 bits per heavy atom. The Hall–Kier alpha value is -3.92. The van der Waals surface area contributed by atoms with E-state index < -0.39 is 12.3 Å². The van der Waals surface area contributed by atoms with Crippen LogP contribution in [0.2, 0.25) is 5.02 Å². The van der Waals surface area contributed by atoms with E-state index in [9.17, 15) is 9.59 Å². The fourth-order valence-electron chi connectivity index (χ4n) is 5.62. The number of amides is 2. The maximum absolute atomic E-state index is 12.9. The molecule has 0 radical (unpaired) electrons. The zero-order chi connectivity index (χ0) is 27.8. The quantitative estimate of drug-likeness (QED) is 0.410. The average molecular weight is 559 g/mol. The van der Waals surface area contributed by atoms with Crippen molar-refractivity contribution in [1.82, 2.24) is 21.1 Å². The van der Waals surface area contributed by atoms with E-state index in [-0.39, 0.29) is 37.1 Å². The monoisotopic (exact) mass is 558 g/mol. The van der Waals surface area contributed by atoms with E-state index in [1.54, 1.807) is 12.1 Å². The standard InChI is InChI=1S/C30H31ClN6O3/c1-3-32-26(38)16-24-29-35-37-18(2)36(29)25-14-13-22(15-23(25)28(34-24)19-9-11-21(31)12-10-19)40-27(37)17-33-30(39)20-7-5-4-6-8-20/h4-15,18,24,27,29,35H,3,16-17H2,1-2H3,(H,32,38)(H,33,39)/t18?,24-,27?,29?/m0/s1. The lowest BCUT2D eigenvalue weighted by Crippen LogP contribution is -2.54. The van der Waals surface area contributed by atoms with Gasteiger partial charge in [-0.2, -0.15) is 5.01 Å². The van der Waals surface area contributed by atoms with Gasteiger partial charge in [-0.05, 0) is 56.3 Å². The van der Waals surface area contributed by atoms with Crippen LogP contribution in [-0.4, -0.2) is 60.2 Å². The summed E-state index contributed by atoms with van der Waals surface area (Å²) in [5.41, 5.74) is 7.75. The predicted octanol–water partition coefficient (Wildman–Crippen LogP) is 3.53. The molecule has 10 heteroatoms. The van der Waals surface area contributed by atoms with Crippen LogP contribution >= 0.6 is 11.6 Å². The van der Waals surface area contributed by atoms with E-state index >= 15 is 0 Å². The Kier molecular flexibility index (Phi) is 7.18. The number of fused-ring (bicyclic) bond motifs is 2. The molecule has 7 rings (SSSR count). The van der Waals surface area contributed by atoms with Gasteiger partial charge in [0.15, 0.2) is 6.23 Å². The molecule has 40 heavy (non-hydrogen) atoms. The molecule has 3 aromatic rings. The summed E-state index contributed by atoms with van der Waals surface area (Å²) in [5, 5.41) is 8.59. The highest BCUT2D eigenvalue weighted by molar-refractivity contribution is 6.30. The molecule has 206 valence electrons. The molecule has 0 aromatic heterocycles. The summed E-state index contributed by atoms with van der Waals surface area (Å²) in [6.45, 7) is 4.78. The van der Waals surface area contributed by atoms with Crippen LogP contribution in [-0.2, 0) is 4.79 Å². The Bertz CT molecular complexity index is 1450. The van der Waals surface area contributed by atoms with Crippen molar-refractivity contribution < 1.29 is 14.3 Å². The first-order chi connectivity index (χ1) is 19.4. The van der Waals surface area contributed by atoms with E-state index in [1.807, 2.05) is 72.6 Å². The lowest BCUT2D eigenvalue weighted by Gasteiger charge is -2.32. The lowest BCUT2D eigenvalue weighted by atomic mass is 9.99. The van der Waals surface area contributed by atoms with Gasteiger partial charge in [-0.15, -0.1) is 0 Å². The molecule has 5 atom stereocenters. The Balaban J connectivity index is 1.40. The maximum atomic E-state index is 12.9. The number of anilines is 1. The topological polar surface area (TPSA) is 98.3 Å². The minimum Gasteiger partial charge on any atom is -0.472 e. The fourth-order valence-corrected chi connectivity index (χ4v) is 5.75. The molecule has 4 aliphatic heterocycles. The molecule has 0 spiro atoms. The summed E-state index contributed by atoms with van der Waals surface area (Å²) in [6, 6.07) is 22.3. The maximum Gasteiger partial charge on any atom is 0.251 e. The van der Waals surface area contributed by atoms with Gasteiger partial charge in [-0.25, -0.2) is 5.43 Å². The number of carbonyl (C=O) groups excluding carboxylic acids is 2. The van der Waals surface area contributed by atoms with Crippen molar-refractivity contribution in [2.75, 3.05) is 18.0 Å². The van der Waals surface area contributed by atoms with Crippen LogP contribution < -0.4 is 25.7 Å². The summed E-state index contributed by atoms with van der Waals surface area (Å²) in [7, 11) is 0. The molecular formula is C30H31ClN6O3. The van der Waals surface area contributed by atoms with Gasteiger partial charge < -0.3 is 20.3 Å². The number of benzene rings is 3. The van der Waals surface area contributed by atoms with Crippen LogP contribution in [0.3, 0.4) is 0 Å². The third kappa shape index (κ3) is 4.92. The summed E-state index contributed by atoms with van der Waals surface area (Å²) < 4.78 is 6.52. The van der Waals surface area contributed by atoms with Gasteiger partial charge >= 0.3 is 0 Å². The van der Waals surface area contributed by atoms with E-state index in [0.717, 1.165) is 22.5 Å². The summed E-state index contributed by atoms with van der Waals surface area (Å²) >= 11 is 6.21. The van der Waals surface area contributed by atoms with Crippen molar-refractivity contribution in [3.63, 3.8) is 0 Å². The summed E-state index contributed by atoms with van der Waals surface area (Å²) in [6.07, 6.45) is -0.801. The molecule has 9 nitrogen and oxygen atoms in total. The number of nitrogens with one attached hydrogen (secondary N) is 3. The zero-order valence-corrected chi connectivity index (χ0v) is 23.1. The highest BCUT2D eigenvalue weighted by atomic mass is 35.5. The molecule has 1 saturated heterocycles. The van der Waals surface area contributed by atoms with Gasteiger partial charge in [-0.1, -0.05) is 41.9 Å². The van der Waals surface area contributed by atoms with Crippen molar-refractivity contribution >= 4 is 34.8 Å². The van der Waals surface area contributed by atoms with Crippen molar-refractivity contribution in [3.05, 3.63) is 94.5 Å². The average Bonchev–Trinajstić information content (AvgIpc) is 3.27. The number of hydrazine groups is 1. The van der Waals surface area contributed by atoms with Crippen LogP contribution in [0.5, 0.6) is 5.75 Å². The van der Waals surface area contributed by atoms with Gasteiger partial charge in [0.05, 0.1) is 30.9 Å². The Labute approximate surface area is 238 Å². The van der Waals surface area contributed by atoms with Gasteiger partial charge in [0.2, 0.25) is 5.91 Å². The second-order valence-electron chi connectivity index (χ2n) is 10.1. The van der Waals surface area contributed by atoms with Crippen LogP contribution in [0, 0.1) is 0 Å². The minimum absolute atomic E-state index is 0.0657. The molecule has 4 heterocycles. The minimum atomic E-state index is -0.521. The van der Waals surface area contributed by atoms with Crippen molar-refractivity contribution in [2.24, 2.45) is 4.99 Å². The molecule has 3 N–H and O–H groups in total. The highest BCUT2D eigenvalue weighted by Gasteiger charge is 2.48. The Morgan fingerprint density at radius 2 is 1.82 bits per heavy atom. The molecule has 0 saturated carbocycles. The van der Waals surface area contributed by atoms with Crippen LogP contribution in [0.15, 0.2) is 77.8 Å². The number of ether oxygens (including phenoxy) is 1. The number of halogens is 1. The molecule has 0 aliphatic carbocycles. The molecular weight excluding hydrogens is 528 g/mol. The van der Waals surface area contributed by atoms with Crippen LogP contribution in [0.25, 0.3) is 0 Å². The molecule has 4 unspecified atom stereocenters. The largest absolute Gasteiger partial charge is 0.472 e. The van der Waals surface area contributed by atoms with E-state index in [4.69, 9.17) is 21.3 Å². The van der Waals surface area contributed by atoms with Crippen molar-refractivity contribution in [2.45, 2.75) is 44.9 Å². The first kappa shape index (κ1) is 26.3. The van der Waals surface area contributed by atoms with Gasteiger partial charge in [-0.3, -0.25) is 14.6 Å². The van der Waals surface area contributed by atoms with Crippen LogP contribution in [0.1, 0.15) is 41.8 Å². The predicted molar refractivity (Wildman–Crippen MR) is 155 cm³/mol. The number of nitrogens with zero attached hydrogens (tertiary/aromatic N) is 3. The smallest absolute Gasteiger partial charge is 0.251 e. The van der Waals surface area contributed by atoms with Crippen molar-refractivity contribution in [1.29, 1.82) is 0 Å². The summed E-state index contributed by atoms with van der Waals surface area (Å²) in [5.74, 6) is 0.413. The number of carbonyl (C=O) groups is 2. The molecule has 4 aliphatic rings. The number of hydrogen-bond donors (Lipinski definition) is 3. The molecule has 2 amide bonds. The van der Waals surface area contributed by atoms with Gasteiger partial charge in [0.25, 0.3) is 5.91 Å². The number of hydrogen-bond acceptors (Lipinski definition) is 7. The number of rotatable bonds is 7. The molecule has 3 aromatic carbocycles. The van der Waals surface area contributed by atoms with E-state index in [2.05, 4.69) is 27.9 Å². The molecule has 5 bridgehead atoms. The molecule has 1 fully saturated rings. The number of aliphatic imine (C=N–C) groups is 1. The van der Waals surface area contributed by atoms with Gasteiger partial charge in [0.1, 0.15) is 11.9 Å². The van der Waals surface area contributed by atoms with Gasteiger partial charge in [0, 0.05) is 33.9 Å². The fraction of sp³-hybridized carbons (Fsp3) is 0.300. The first-order valence-corrected chi connectivity index (χ1v) is 13.9. The normalized spacial score (nSPS) is 24.3. The third-order valence-electron chi connectivity index (χ3n) is 7.49. The lowest BCUT2D eigenvalue weighted by molar-refractivity contribution is -0.121. The summed E-state index contributed by atoms with van der Waals surface area (Å²) in [4.78, 5) is 33.2. The van der Waals surface area contributed by atoms with Crippen LogP contribution in [0.4, 0.5) is 5.69 Å². The SMILES string of the molecule is CCNC(=O)C[C@@H]1N=C(c2ccc(Cl)cc2)c2cc3ccc2N2C1NN(C(CNC(=O)c1ccccc1)O3)C2C. The van der Waals surface area contributed by atoms with E-state index in [1.165, 1.54) is 0 Å². The van der Waals surface area contributed by atoms with E-state index in [0.29, 0.717) is 22.9 Å². The second-order valence-corrected chi connectivity index (χ2v) is 10.5.